The Morgan fingerprint density at radius 2 is 1.97 bits per heavy atom. The lowest BCUT2D eigenvalue weighted by Gasteiger charge is -2.15. The number of para-hydroxylation sites is 1. The van der Waals surface area contributed by atoms with E-state index in [1.54, 1.807) is 0 Å². The summed E-state index contributed by atoms with van der Waals surface area (Å²) in [4.78, 5) is 31.6. The normalized spacial score (nSPS) is 10.8. The molecule has 0 amide bonds. The lowest BCUT2D eigenvalue weighted by Crippen LogP contribution is -2.23. The average molecular weight is 480 g/mol. The number of carbonyl (C=O) groups is 1. The van der Waals surface area contributed by atoms with Gasteiger partial charge in [0.15, 0.2) is 0 Å². The molecule has 2 aromatic carbocycles. The number of ether oxygens (including phenoxy) is 2. The van der Waals surface area contributed by atoms with Crippen LogP contribution < -0.4 is 15.1 Å². The zero-order chi connectivity index (χ0) is 25.3. The van der Waals surface area contributed by atoms with Gasteiger partial charge in [-0.3, -0.25) is 14.8 Å². The first-order chi connectivity index (χ1) is 16.7. The molecule has 0 unspecified atom stereocenters. The molecule has 0 saturated heterocycles. The average Bonchev–Trinajstić information content (AvgIpc) is 3.24. The predicted octanol–water partition coefficient (Wildman–Crippen LogP) is 3.88. The number of nitro benzene ring substituents is 1. The molecule has 0 aliphatic carbocycles. The number of nitrogens with zero attached hydrogens (tertiary/aromatic N) is 5. The van der Waals surface area contributed by atoms with Gasteiger partial charge in [-0.15, -0.1) is 0 Å². The van der Waals surface area contributed by atoms with Crippen LogP contribution in [0.25, 0.3) is 22.2 Å². The number of aromatic nitrogens is 3. The highest BCUT2D eigenvalue weighted by atomic mass is 19.1. The number of esters is 1. The predicted molar refractivity (Wildman–Crippen MR) is 127 cm³/mol. The molecule has 4 aromatic rings. The number of methoxy groups -OCH3 is 2. The summed E-state index contributed by atoms with van der Waals surface area (Å²) in [6.45, 7) is 0. The van der Waals surface area contributed by atoms with Crippen molar-refractivity contribution in [3.8, 4) is 17.0 Å². The van der Waals surface area contributed by atoms with Crippen molar-refractivity contribution in [1.82, 2.24) is 14.6 Å². The number of nitrogens with one attached hydrogen (secondary N) is 1. The number of anilines is 2. The number of nitro groups is 1. The van der Waals surface area contributed by atoms with Crippen molar-refractivity contribution in [2.75, 3.05) is 38.6 Å². The van der Waals surface area contributed by atoms with Crippen LogP contribution in [0.2, 0.25) is 0 Å². The lowest BCUT2D eigenvalue weighted by atomic mass is 10.1. The highest BCUT2D eigenvalue weighted by Crippen LogP contribution is 2.35. The number of carbonyl (C=O) groups excluding carboxylic acids is 1. The maximum atomic E-state index is 14.1. The quantitative estimate of drug-likeness (QED) is 0.238. The Labute approximate surface area is 198 Å². The van der Waals surface area contributed by atoms with Crippen LogP contribution in [0.5, 0.6) is 5.75 Å². The maximum absolute atomic E-state index is 14.1. The van der Waals surface area contributed by atoms with Crippen LogP contribution in [0.4, 0.5) is 21.7 Å². The molecule has 12 heteroatoms. The SMILES string of the molecule is COC(=O)c1cnc(Nc2cc([N+](=O)[O-])c(F)cc2OC)nc1-c1cn(N(C)C)c2ccccc12. The minimum atomic E-state index is -1.04. The summed E-state index contributed by atoms with van der Waals surface area (Å²) in [5, 5.41) is 16.7. The number of hydrogen-bond donors (Lipinski definition) is 1. The fraction of sp³-hybridized carbons (Fsp3) is 0.174. The fourth-order valence-corrected chi connectivity index (χ4v) is 3.66. The van der Waals surface area contributed by atoms with Gasteiger partial charge in [-0.2, -0.15) is 4.39 Å². The van der Waals surface area contributed by atoms with Crippen molar-refractivity contribution in [3.63, 3.8) is 0 Å². The molecule has 35 heavy (non-hydrogen) atoms. The van der Waals surface area contributed by atoms with E-state index < -0.39 is 22.4 Å². The van der Waals surface area contributed by atoms with E-state index in [2.05, 4.69) is 15.3 Å². The van der Waals surface area contributed by atoms with Crippen LogP contribution >= 0.6 is 0 Å². The molecule has 0 spiro atoms. The Morgan fingerprint density at radius 1 is 1.23 bits per heavy atom. The second-order valence-corrected chi connectivity index (χ2v) is 7.59. The van der Waals surface area contributed by atoms with Crippen LogP contribution in [0.3, 0.4) is 0 Å². The van der Waals surface area contributed by atoms with E-state index in [1.165, 1.54) is 20.4 Å². The van der Waals surface area contributed by atoms with Gasteiger partial charge < -0.3 is 19.8 Å². The van der Waals surface area contributed by atoms with Gasteiger partial charge in [-0.25, -0.2) is 14.8 Å². The first-order valence-electron chi connectivity index (χ1n) is 10.3. The number of hydrogen-bond acceptors (Lipinski definition) is 9. The van der Waals surface area contributed by atoms with Crippen molar-refractivity contribution in [1.29, 1.82) is 0 Å². The van der Waals surface area contributed by atoms with Gasteiger partial charge in [0.05, 0.1) is 36.0 Å². The summed E-state index contributed by atoms with van der Waals surface area (Å²) < 4.78 is 26.0. The molecule has 11 nitrogen and oxygen atoms in total. The van der Waals surface area contributed by atoms with Crippen molar-refractivity contribution >= 4 is 34.2 Å². The number of halogens is 1. The molecule has 0 fully saturated rings. The molecule has 4 rings (SSSR count). The number of benzene rings is 2. The van der Waals surface area contributed by atoms with Gasteiger partial charge in [0, 0.05) is 49.6 Å². The topological polar surface area (TPSA) is 125 Å². The summed E-state index contributed by atoms with van der Waals surface area (Å²) in [6, 6.07) is 9.48. The Hall–Kier alpha value is -4.74. The van der Waals surface area contributed by atoms with Gasteiger partial charge in [0.25, 0.3) is 0 Å². The third-order valence-electron chi connectivity index (χ3n) is 5.28. The van der Waals surface area contributed by atoms with E-state index in [-0.39, 0.29) is 28.6 Å². The molecule has 0 atom stereocenters. The van der Waals surface area contributed by atoms with Crippen LogP contribution in [0, 0.1) is 15.9 Å². The van der Waals surface area contributed by atoms with Crippen LogP contribution in [-0.4, -0.2) is 53.9 Å². The number of fused-ring (bicyclic) bond motifs is 1. The molecule has 2 heterocycles. The lowest BCUT2D eigenvalue weighted by molar-refractivity contribution is -0.387. The summed E-state index contributed by atoms with van der Waals surface area (Å²) in [7, 11) is 6.30. The second kappa shape index (κ2) is 9.25. The van der Waals surface area contributed by atoms with Crippen molar-refractivity contribution in [3.05, 3.63) is 70.3 Å². The van der Waals surface area contributed by atoms with Gasteiger partial charge in [-0.05, 0) is 6.07 Å². The highest BCUT2D eigenvalue weighted by molar-refractivity contribution is 6.03. The van der Waals surface area contributed by atoms with Crippen LogP contribution in [-0.2, 0) is 4.74 Å². The zero-order valence-electron chi connectivity index (χ0n) is 19.3. The van der Waals surface area contributed by atoms with Crippen LogP contribution in [0.15, 0.2) is 48.8 Å². The first kappa shape index (κ1) is 23.4. The monoisotopic (exact) mass is 480 g/mol. The third kappa shape index (κ3) is 4.28. The molecule has 0 aliphatic rings. The minimum absolute atomic E-state index is 0.00791. The van der Waals surface area contributed by atoms with E-state index in [0.29, 0.717) is 5.56 Å². The van der Waals surface area contributed by atoms with Gasteiger partial charge in [0.2, 0.25) is 11.8 Å². The van der Waals surface area contributed by atoms with Crippen molar-refractivity contribution in [2.24, 2.45) is 0 Å². The summed E-state index contributed by atoms with van der Waals surface area (Å²) in [6.07, 6.45) is 3.12. The summed E-state index contributed by atoms with van der Waals surface area (Å²) in [5.74, 6) is -1.66. The third-order valence-corrected chi connectivity index (χ3v) is 5.28. The van der Waals surface area contributed by atoms with Gasteiger partial charge in [0.1, 0.15) is 11.3 Å². The molecular weight excluding hydrogens is 459 g/mol. The first-order valence-corrected chi connectivity index (χ1v) is 10.3. The summed E-state index contributed by atoms with van der Waals surface area (Å²) >= 11 is 0. The van der Waals surface area contributed by atoms with Crippen molar-refractivity contribution in [2.45, 2.75) is 0 Å². The molecule has 0 saturated carbocycles. The zero-order valence-corrected chi connectivity index (χ0v) is 19.3. The summed E-state index contributed by atoms with van der Waals surface area (Å²) in [5.41, 5.74) is 1.25. The molecule has 0 aliphatic heterocycles. The van der Waals surface area contributed by atoms with Gasteiger partial charge >= 0.3 is 11.7 Å². The largest absolute Gasteiger partial charge is 0.494 e. The number of rotatable bonds is 7. The Morgan fingerprint density at radius 3 is 2.63 bits per heavy atom. The second-order valence-electron chi connectivity index (χ2n) is 7.59. The van der Waals surface area contributed by atoms with Gasteiger partial charge in [-0.1, -0.05) is 18.2 Å². The van der Waals surface area contributed by atoms with Crippen LogP contribution in [0.1, 0.15) is 10.4 Å². The smallest absolute Gasteiger partial charge is 0.341 e. The molecule has 1 N–H and O–H groups in total. The van der Waals surface area contributed by atoms with E-state index in [0.717, 1.165) is 23.0 Å². The minimum Gasteiger partial charge on any atom is -0.494 e. The van der Waals surface area contributed by atoms with E-state index >= 15 is 0 Å². The molecule has 0 bridgehead atoms. The van der Waals surface area contributed by atoms with E-state index in [1.807, 2.05) is 54.2 Å². The molecule has 2 aromatic heterocycles. The van der Waals surface area contributed by atoms with Crippen molar-refractivity contribution < 1.29 is 23.6 Å². The van der Waals surface area contributed by atoms with E-state index in [4.69, 9.17) is 9.47 Å². The standard InChI is InChI=1S/C23H21FN6O5/c1-28(2)29-12-15(13-7-5-6-8-18(13)29)21-14(22(31)35-4)11-25-23(27-21)26-17-10-19(30(32)33)16(24)9-20(17)34-3/h5-12H,1-4H3,(H,25,26,27). The van der Waals surface area contributed by atoms with E-state index in [9.17, 15) is 19.3 Å². The molecule has 0 radical (unpaired) electrons. The highest BCUT2D eigenvalue weighted by Gasteiger charge is 2.23. The Bertz CT molecular complexity index is 1450. The maximum Gasteiger partial charge on any atom is 0.341 e. The molecular formula is C23H21FN6O5. The Balaban J connectivity index is 1.89. The Kier molecular flexibility index (Phi) is 6.19. The molecule has 180 valence electrons. The fourth-order valence-electron chi connectivity index (χ4n) is 3.66.